The van der Waals surface area contributed by atoms with Crippen molar-refractivity contribution in [3.8, 4) is 0 Å². The van der Waals surface area contributed by atoms with Crippen molar-refractivity contribution in [1.29, 1.82) is 0 Å². The van der Waals surface area contributed by atoms with E-state index in [0.717, 1.165) is 3.92 Å². The van der Waals surface area contributed by atoms with Crippen molar-refractivity contribution in [2.45, 2.75) is 0 Å². The zero-order valence-corrected chi connectivity index (χ0v) is 7.70. The van der Waals surface area contributed by atoms with Crippen LogP contribution in [0.25, 0.3) is 10.3 Å². The summed E-state index contributed by atoms with van der Waals surface area (Å²) in [6.07, 6.45) is 1.59. The van der Waals surface area contributed by atoms with Crippen molar-refractivity contribution >= 4 is 37.6 Å². The van der Waals surface area contributed by atoms with Crippen LogP contribution in [0.3, 0.4) is 0 Å². The van der Waals surface area contributed by atoms with E-state index in [9.17, 15) is 4.79 Å². The number of pyridine rings is 1. The molecule has 11 heavy (non-hydrogen) atoms. The molecule has 0 saturated carbocycles. The molecule has 5 heteroatoms. The molecule has 0 spiro atoms. The number of hydrogen-bond acceptors (Lipinski definition) is 3. The third-order valence-corrected chi connectivity index (χ3v) is 2.80. The number of aromatic nitrogens is 2. The second-order valence-electron chi connectivity index (χ2n) is 1.99. The van der Waals surface area contributed by atoms with E-state index in [1.165, 1.54) is 17.4 Å². The summed E-state index contributed by atoms with van der Waals surface area (Å²) in [4.78, 5) is 18.1. The highest BCUT2D eigenvalue weighted by Crippen LogP contribution is 2.20. The van der Waals surface area contributed by atoms with E-state index in [1.54, 1.807) is 6.20 Å². The molecule has 2 aromatic rings. The van der Waals surface area contributed by atoms with Gasteiger partial charge in [0.2, 0.25) is 5.43 Å². The smallest absolute Gasteiger partial charge is 0.201 e. The first-order valence-electron chi connectivity index (χ1n) is 2.91. The summed E-state index contributed by atoms with van der Waals surface area (Å²) in [5, 5.41) is 0. The van der Waals surface area contributed by atoms with Crippen LogP contribution in [0.1, 0.15) is 0 Å². The van der Waals surface area contributed by atoms with Crippen molar-refractivity contribution in [2.75, 3.05) is 0 Å². The number of rotatable bonds is 0. The van der Waals surface area contributed by atoms with Crippen LogP contribution in [-0.4, -0.2) is 9.97 Å². The van der Waals surface area contributed by atoms with Crippen LogP contribution in [0.4, 0.5) is 0 Å². The molecular weight excluding hydrogens is 228 g/mol. The standard InChI is InChI=1S/C6H3BrN2OS/c7-6-9-5-4(11-6)3(10)1-2-8-5/h1-2H,(H,8,10). The first-order valence-corrected chi connectivity index (χ1v) is 4.52. The molecule has 2 rings (SSSR count). The van der Waals surface area contributed by atoms with Gasteiger partial charge in [-0.15, -0.1) is 11.3 Å². The molecular formula is C6H3BrN2OS. The quantitative estimate of drug-likeness (QED) is 0.750. The van der Waals surface area contributed by atoms with Gasteiger partial charge in [-0.05, 0) is 15.9 Å². The van der Waals surface area contributed by atoms with Gasteiger partial charge in [-0.2, -0.15) is 0 Å². The largest absolute Gasteiger partial charge is 0.345 e. The fourth-order valence-corrected chi connectivity index (χ4v) is 2.17. The first-order chi connectivity index (χ1) is 5.27. The van der Waals surface area contributed by atoms with Gasteiger partial charge >= 0.3 is 0 Å². The van der Waals surface area contributed by atoms with Crippen molar-refractivity contribution in [3.63, 3.8) is 0 Å². The first kappa shape index (κ1) is 7.00. The Morgan fingerprint density at radius 3 is 3.18 bits per heavy atom. The van der Waals surface area contributed by atoms with Crippen LogP contribution in [0.15, 0.2) is 21.0 Å². The fourth-order valence-electron chi connectivity index (χ4n) is 0.831. The van der Waals surface area contributed by atoms with Crippen LogP contribution in [0.2, 0.25) is 0 Å². The number of thiazole rings is 1. The van der Waals surface area contributed by atoms with Crippen molar-refractivity contribution in [3.05, 3.63) is 26.4 Å². The monoisotopic (exact) mass is 230 g/mol. The number of nitrogens with one attached hydrogen (secondary N) is 1. The third kappa shape index (κ3) is 1.10. The molecule has 0 fully saturated rings. The lowest BCUT2D eigenvalue weighted by Crippen LogP contribution is -1.96. The van der Waals surface area contributed by atoms with Gasteiger partial charge in [0.15, 0.2) is 9.56 Å². The molecule has 0 aliphatic carbocycles. The highest BCUT2D eigenvalue weighted by molar-refractivity contribution is 9.11. The average molecular weight is 231 g/mol. The topological polar surface area (TPSA) is 45.8 Å². The lowest BCUT2D eigenvalue weighted by molar-refractivity contribution is 1.30. The van der Waals surface area contributed by atoms with Crippen molar-refractivity contribution < 1.29 is 0 Å². The number of halogens is 1. The summed E-state index contributed by atoms with van der Waals surface area (Å²) in [5.74, 6) is 0. The normalized spacial score (nSPS) is 10.6. The molecule has 0 amide bonds. The van der Waals surface area contributed by atoms with Gasteiger partial charge in [-0.3, -0.25) is 4.79 Å². The number of hydrogen-bond donors (Lipinski definition) is 1. The molecule has 2 heterocycles. The Bertz CT molecular complexity index is 447. The Balaban J connectivity index is 3.02. The van der Waals surface area contributed by atoms with Gasteiger partial charge < -0.3 is 4.98 Å². The van der Waals surface area contributed by atoms with Gasteiger partial charge in [-0.25, -0.2) is 4.98 Å². The molecule has 2 aromatic heterocycles. The van der Waals surface area contributed by atoms with Gasteiger partial charge in [-0.1, -0.05) is 0 Å². The van der Waals surface area contributed by atoms with Gasteiger partial charge in [0.1, 0.15) is 4.70 Å². The molecule has 56 valence electrons. The summed E-state index contributed by atoms with van der Waals surface area (Å²) in [6, 6.07) is 1.49. The highest BCUT2D eigenvalue weighted by atomic mass is 79.9. The summed E-state index contributed by atoms with van der Waals surface area (Å²) in [6.45, 7) is 0. The van der Waals surface area contributed by atoms with E-state index in [4.69, 9.17) is 0 Å². The zero-order chi connectivity index (χ0) is 7.84. The van der Waals surface area contributed by atoms with Crippen LogP contribution in [0, 0.1) is 0 Å². The predicted molar refractivity (Wildman–Crippen MR) is 47.9 cm³/mol. The van der Waals surface area contributed by atoms with E-state index in [1.807, 2.05) is 0 Å². The molecule has 0 radical (unpaired) electrons. The van der Waals surface area contributed by atoms with Crippen LogP contribution < -0.4 is 5.43 Å². The molecule has 1 N–H and O–H groups in total. The molecule has 0 bridgehead atoms. The summed E-state index contributed by atoms with van der Waals surface area (Å²) in [5.41, 5.74) is 0.663. The van der Waals surface area contributed by atoms with E-state index in [2.05, 4.69) is 25.9 Å². The summed E-state index contributed by atoms with van der Waals surface area (Å²) < 4.78 is 1.39. The number of aromatic amines is 1. The van der Waals surface area contributed by atoms with E-state index in [-0.39, 0.29) is 5.43 Å². The molecule has 0 saturated heterocycles. The van der Waals surface area contributed by atoms with Crippen LogP contribution in [0.5, 0.6) is 0 Å². The maximum atomic E-state index is 11.1. The maximum absolute atomic E-state index is 11.1. The zero-order valence-electron chi connectivity index (χ0n) is 5.30. The predicted octanol–water partition coefficient (Wildman–Crippen LogP) is 1.75. The van der Waals surface area contributed by atoms with Gasteiger partial charge in [0.25, 0.3) is 0 Å². The van der Waals surface area contributed by atoms with Crippen LogP contribution >= 0.6 is 27.3 Å². The Labute approximate surface area is 74.2 Å². The molecule has 0 aliphatic rings. The van der Waals surface area contributed by atoms with E-state index >= 15 is 0 Å². The summed E-state index contributed by atoms with van der Waals surface area (Å²) >= 11 is 4.55. The third-order valence-electron chi connectivity index (χ3n) is 1.28. The fraction of sp³-hybridized carbons (Fsp3) is 0. The minimum Gasteiger partial charge on any atom is -0.345 e. The second-order valence-corrected chi connectivity index (χ2v) is 4.26. The van der Waals surface area contributed by atoms with Gasteiger partial charge in [0.05, 0.1) is 0 Å². The second kappa shape index (κ2) is 2.42. The molecule has 0 unspecified atom stereocenters. The van der Waals surface area contributed by atoms with E-state index < -0.39 is 0 Å². The molecule has 0 aliphatic heterocycles. The Kier molecular flexibility index (Phi) is 1.54. The highest BCUT2D eigenvalue weighted by Gasteiger charge is 2.02. The number of H-pyrrole nitrogens is 1. The number of fused-ring (bicyclic) bond motifs is 1. The van der Waals surface area contributed by atoms with Crippen molar-refractivity contribution in [1.82, 2.24) is 9.97 Å². The van der Waals surface area contributed by atoms with E-state index in [0.29, 0.717) is 10.3 Å². The van der Waals surface area contributed by atoms with Gasteiger partial charge in [0, 0.05) is 12.3 Å². The summed E-state index contributed by atoms with van der Waals surface area (Å²) in [7, 11) is 0. The Morgan fingerprint density at radius 2 is 2.45 bits per heavy atom. The van der Waals surface area contributed by atoms with Crippen molar-refractivity contribution in [2.24, 2.45) is 0 Å². The molecule has 3 nitrogen and oxygen atoms in total. The lowest BCUT2D eigenvalue weighted by atomic mass is 10.5. The molecule has 0 atom stereocenters. The SMILES string of the molecule is O=c1cc[nH]c2nc(Br)sc12. The molecule has 0 aromatic carbocycles. The van der Waals surface area contributed by atoms with Crippen LogP contribution in [-0.2, 0) is 0 Å². The maximum Gasteiger partial charge on any atom is 0.201 e. The lowest BCUT2D eigenvalue weighted by Gasteiger charge is -1.82. The number of nitrogens with zero attached hydrogens (tertiary/aromatic N) is 1. The minimum absolute atomic E-state index is 0.0157. The average Bonchev–Trinajstić information content (AvgIpc) is 2.31. The Morgan fingerprint density at radius 1 is 1.64 bits per heavy atom. The minimum atomic E-state index is 0.0157. The Hall–Kier alpha value is -0.680.